The molecule has 0 unspecified atom stereocenters. The molecule has 4 heteroatoms. The number of aromatic nitrogens is 2. The molecule has 0 atom stereocenters. The molecule has 0 radical (unpaired) electrons. The third-order valence-corrected chi connectivity index (χ3v) is 5.01. The van der Waals surface area contributed by atoms with Crippen molar-refractivity contribution in [2.24, 2.45) is 5.41 Å². The van der Waals surface area contributed by atoms with Gasteiger partial charge in [0.05, 0.1) is 0 Å². The lowest BCUT2D eigenvalue weighted by molar-refractivity contribution is 0.226. The highest BCUT2D eigenvalue weighted by Crippen LogP contribution is 2.46. The summed E-state index contributed by atoms with van der Waals surface area (Å²) in [6, 6.07) is 2.04. The highest BCUT2D eigenvalue weighted by molar-refractivity contribution is 9.10. The molecule has 2 heterocycles. The van der Waals surface area contributed by atoms with Gasteiger partial charge in [0.2, 0.25) is 0 Å². The Balaban J connectivity index is 1.72. The van der Waals surface area contributed by atoms with E-state index in [4.69, 9.17) is 0 Å². The highest BCUT2D eigenvalue weighted by Gasteiger charge is 2.37. The number of hydrogen-bond donors (Lipinski definition) is 0. The molecule has 1 spiro atoms. The first-order valence-corrected chi connectivity index (χ1v) is 7.72. The van der Waals surface area contributed by atoms with E-state index < -0.39 is 0 Å². The van der Waals surface area contributed by atoms with E-state index in [1.54, 1.807) is 0 Å². The van der Waals surface area contributed by atoms with Crippen molar-refractivity contribution in [1.29, 1.82) is 0 Å². The number of hydrogen-bond acceptors (Lipinski definition) is 3. The van der Waals surface area contributed by atoms with Crippen LogP contribution < -0.4 is 4.90 Å². The van der Waals surface area contributed by atoms with Crippen LogP contribution in [0, 0.1) is 12.3 Å². The molecule has 1 aliphatic carbocycles. The quantitative estimate of drug-likeness (QED) is 0.741. The maximum Gasteiger partial charge on any atom is 0.133 e. The van der Waals surface area contributed by atoms with Crippen LogP contribution in [0.25, 0.3) is 0 Å². The molecule has 0 bridgehead atoms. The van der Waals surface area contributed by atoms with Crippen LogP contribution in [-0.2, 0) is 0 Å². The molecule has 1 saturated carbocycles. The predicted molar refractivity (Wildman–Crippen MR) is 76.8 cm³/mol. The molecule has 1 aromatic rings. The van der Waals surface area contributed by atoms with Gasteiger partial charge in [-0.1, -0.05) is 12.8 Å². The van der Waals surface area contributed by atoms with Crippen LogP contribution >= 0.6 is 15.9 Å². The molecule has 0 amide bonds. The summed E-state index contributed by atoms with van der Waals surface area (Å²) in [6.07, 6.45) is 8.47. The monoisotopic (exact) mass is 309 g/mol. The van der Waals surface area contributed by atoms with Gasteiger partial charge in [0.15, 0.2) is 0 Å². The van der Waals surface area contributed by atoms with Crippen molar-refractivity contribution in [3.63, 3.8) is 0 Å². The molecule has 1 aromatic heterocycles. The first-order valence-electron chi connectivity index (χ1n) is 6.93. The predicted octanol–water partition coefficient (Wildman–Crippen LogP) is 3.71. The van der Waals surface area contributed by atoms with Gasteiger partial charge in [-0.3, -0.25) is 0 Å². The van der Waals surface area contributed by atoms with Gasteiger partial charge in [0.25, 0.3) is 0 Å². The minimum atomic E-state index is 0.676. The Morgan fingerprint density at radius 1 is 1.11 bits per heavy atom. The van der Waals surface area contributed by atoms with Gasteiger partial charge in [-0.15, -0.1) is 0 Å². The van der Waals surface area contributed by atoms with Crippen LogP contribution in [0.15, 0.2) is 10.7 Å². The minimum absolute atomic E-state index is 0.676. The second-order valence-electron chi connectivity index (χ2n) is 5.79. The van der Waals surface area contributed by atoms with Gasteiger partial charge >= 0.3 is 0 Å². The van der Waals surface area contributed by atoms with Crippen LogP contribution in [0.4, 0.5) is 5.82 Å². The van der Waals surface area contributed by atoms with Gasteiger partial charge in [-0.05, 0) is 54.0 Å². The van der Waals surface area contributed by atoms with E-state index in [2.05, 4.69) is 30.8 Å². The fraction of sp³-hybridized carbons (Fsp3) is 0.714. The summed E-state index contributed by atoms with van der Waals surface area (Å²) in [7, 11) is 0. The Morgan fingerprint density at radius 2 is 1.78 bits per heavy atom. The van der Waals surface area contributed by atoms with Crippen molar-refractivity contribution >= 4 is 21.7 Å². The average molecular weight is 310 g/mol. The first kappa shape index (κ1) is 12.4. The second-order valence-corrected chi connectivity index (χ2v) is 6.60. The van der Waals surface area contributed by atoms with Crippen LogP contribution in [0.3, 0.4) is 0 Å². The van der Waals surface area contributed by atoms with Crippen LogP contribution in [0.5, 0.6) is 0 Å². The fourth-order valence-corrected chi connectivity index (χ4v) is 3.97. The summed E-state index contributed by atoms with van der Waals surface area (Å²) < 4.78 is 0.895. The first-order chi connectivity index (χ1) is 8.67. The lowest BCUT2D eigenvalue weighted by Crippen LogP contribution is -2.39. The van der Waals surface area contributed by atoms with E-state index in [-0.39, 0.29) is 0 Å². The van der Waals surface area contributed by atoms with E-state index in [0.29, 0.717) is 5.41 Å². The number of rotatable bonds is 1. The average Bonchev–Trinajstić information content (AvgIpc) is 2.77. The van der Waals surface area contributed by atoms with E-state index in [1.807, 2.05) is 13.0 Å². The molecule has 0 aromatic carbocycles. The summed E-state index contributed by atoms with van der Waals surface area (Å²) in [5.41, 5.74) is 0.676. The molecule has 2 aliphatic rings. The van der Waals surface area contributed by atoms with Crippen LogP contribution in [0.2, 0.25) is 0 Å². The number of piperidine rings is 1. The molecule has 0 N–H and O–H groups in total. The Kier molecular flexibility index (Phi) is 3.31. The van der Waals surface area contributed by atoms with Gasteiger partial charge in [0.1, 0.15) is 16.2 Å². The molecule has 3 rings (SSSR count). The van der Waals surface area contributed by atoms with Crippen LogP contribution in [-0.4, -0.2) is 23.1 Å². The van der Waals surface area contributed by atoms with Crippen molar-refractivity contribution in [2.75, 3.05) is 18.0 Å². The van der Waals surface area contributed by atoms with Crippen LogP contribution in [0.1, 0.15) is 44.3 Å². The number of halogens is 1. The molecule has 1 aliphatic heterocycles. The zero-order valence-electron chi connectivity index (χ0n) is 11.0. The molecule has 3 nitrogen and oxygen atoms in total. The lowest BCUT2D eigenvalue weighted by atomic mass is 9.77. The number of nitrogens with zero attached hydrogens (tertiary/aromatic N) is 3. The van der Waals surface area contributed by atoms with E-state index >= 15 is 0 Å². The van der Waals surface area contributed by atoms with E-state index in [1.165, 1.54) is 38.5 Å². The van der Waals surface area contributed by atoms with Crippen molar-refractivity contribution in [3.05, 3.63) is 16.5 Å². The molecular formula is C14H20BrN3. The summed E-state index contributed by atoms with van der Waals surface area (Å²) in [4.78, 5) is 11.3. The largest absolute Gasteiger partial charge is 0.356 e. The van der Waals surface area contributed by atoms with Crippen molar-refractivity contribution in [1.82, 2.24) is 9.97 Å². The Bertz CT molecular complexity index is 410. The Labute approximate surface area is 117 Å². The van der Waals surface area contributed by atoms with Gasteiger partial charge < -0.3 is 4.90 Å². The number of anilines is 1. The summed E-state index contributed by atoms with van der Waals surface area (Å²) >= 11 is 3.46. The molecule has 1 saturated heterocycles. The third kappa shape index (κ3) is 2.40. The van der Waals surface area contributed by atoms with E-state index in [9.17, 15) is 0 Å². The molecule has 2 fully saturated rings. The number of aryl methyl sites for hydroxylation is 1. The van der Waals surface area contributed by atoms with Crippen molar-refractivity contribution in [2.45, 2.75) is 45.4 Å². The molecule has 18 heavy (non-hydrogen) atoms. The summed E-state index contributed by atoms with van der Waals surface area (Å²) in [5.74, 6) is 1.93. The maximum absolute atomic E-state index is 4.56. The lowest BCUT2D eigenvalue weighted by Gasteiger charge is -2.40. The van der Waals surface area contributed by atoms with Crippen molar-refractivity contribution in [3.8, 4) is 0 Å². The summed E-state index contributed by atoms with van der Waals surface area (Å²) in [5, 5.41) is 0. The molecular weight excluding hydrogens is 290 g/mol. The Hall–Kier alpha value is -0.640. The van der Waals surface area contributed by atoms with Gasteiger partial charge in [-0.25, -0.2) is 9.97 Å². The van der Waals surface area contributed by atoms with Crippen molar-refractivity contribution < 1.29 is 0 Å². The minimum Gasteiger partial charge on any atom is -0.356 e. The maximum atomic E-state index is 4.56. The smallest absolute Gasteiger partial charge is 0.133 e. The third-order valence-electron chi connectivity index (χ3n) is 4.61. The zero-order chi connectivity index (χ0) is 12.6. The molecule has 98 valence electrons. The second kappa shape index (κ2) is 4.80. The zero-order valence-corrected chi connectivity index (χ0v) is 12.5. The standard InChI is InChI=1S/C14H20BrN3/c1-11-16-12(15)10-13(17-11)18-8-6-14(7-9-18)4-2-3-5-14/h10H,2-9H2,1H3. The topological polar surface area (TPSA) is 29.0 Å². The van der Waals surface area contributed by atoms with E-state index in [0.717, 1.165) is 29.3 Å². The van der Waals surface area contributed by atoms with Gasteiger partial charge in [0, 0.05) is 19.2 Å². The highest BCUT2D eigenvalue weighted by atomic mass is 79.9. The normalized spacial score (nSPS) is 22.7. The Morgan fingerprint density at radius 3 is 2.39 bits per heavy atom. The fourth-order valence-electron chi connectivity index (χ4n) is 3.51. The van der Waals surface area contributed by atoms with Gasteiger partial charge in [-0.2, -0.15) is 0 Å². The summed E-state index contributed by atoms with van der Waals surface area (Å²) in [6.45, 7) is 4.27. The SMILES string of the molecule is Cc1nc(Br)cc(N2CCC3(CCCC3)CC2)n1.